The lowest BCUT2D eigenvalue weighted by Crippen LogP contribution is -2.46. The molecule has 0 spiro atoms. The molecule has 0 radical (unpaired) electrons. The summed E-state index contributed by atoms with van der Waals surface area (Å²) in [5.74, 6) is 0.317. The fourth-order valence-electron chi connectivity index (χ4n) is 2.21. The van der Waals surface area contributed by atoms with Crippen LogP contribution in [0.5, 0.6) is 0 Å². The van der Waals surface area contributed by atoms with Crippen LogP contribution in [0.15, 0.2) is 35.5 Å². The van der Waals surface area contributed by atoms with Crippen LogP contribution < -0.4 is 5.32 Å². The largest absolute Gasteiger partial charge is 0.368 e. The Hall–Kier alpha value is -1.35. The number of ether oxygens (including phenoxy) is 1. The molecule has 118 valence electrons. The van der Waals surface area contributed by atoms with Crippen LogP contribution in [0.2, 0.25) is 0 Å². The third-order valence-corrected chi connectivity index (χ3v) is 3.52. The van der Waals surface area contributed by atoms with Gasteiger partial charge in [-0.25, -0.2) is 0 Å². The molecule has 1 aliphatic rings. The second kappa shape index (κ2) is 8.18. The molecule has 0 aromatic heterocycles. The zero-order valence-electron chi connectivity index (χ0n) is 14.1. The fourth-order valence-corrected chi connectivity index (χ4v) is 2.21. The number of rotatable bonds is 5. The Kier molecular flexibility index (Phi) is 6.90. The van der Waals surface area contributed by atoms with E-state index < -0.39 is 0 Å². The third kappa shape index (κ3) is 6.30. The first-order valence-electron chi connectivity index (χ1n) is 7.75. The van der Waals surface area contributed by atoms with E-state index in [1.54, 1.807) is 6.08 Å². The van der Waals surface area contributed by atoms with E-state index in [0.717, 1.165) is 6.42 Å². The smallest absolute Gasteiger partial charge is 0.244 e. The summed E-state index contributed by atoms with van der Waals surface area (Å²) >= 11 is 0. The topological polar surface area (TPSA) is 38.3 Å². The lowest BCUT2D eigenvalue weighted by molar-refractivity contribution is -0.118. The van der Waals surface area contributed by atoms with Gasteiger partial charge >= 0.3 is 0 Å². The van der Waals surface area contributed by atoms with Gasteiger partial charge < -0.3 is 10.1 Å². The highest BCUT2D eigenvalue weighted by molar-refractivity contribution is 5.87. The van der Waals surface area contributed by atoms with Crippen LogP contribution in [0.1, 0.15) is 48.0 Å². The summed E-state index contributed by atoms with van der Waals surface area (Å²) in [6.07, 6.45) is 8.82. The number of allylic oxidation sites excluding steroid dienone is 2. The van der Waals surface area contributed by atoms with E-state index in [4.69, 9.17) is 4.74 Å². The van der Waals surface area contributed by atoms with Crippen molar-refractivity contribution in [2.75, 3.05) is 0 Å². The second-order valence-corrected chi connectivity index (χ2v) is 6.40. The normalized spacial score (nSPS) is 25.9. The standard InChI is InChI=1S/C18H29NO2/c1-12(2)7-9-17-14(5)11-16(15(6)21-17)19-18(20)10-8-13(3)4/h7-8,10-11,13,15-17H,9H2,1-6H3,(H,19,20)/b10-8-/t15-,16-,17+/m1/s1. The highest BCUT2D eigenvalue weighted by Gasteiger charge is 2.27. The first-order valence-corrected chi connectivity index (χ1v) is 7.75. The molecule has 1 amide bonds. The number of nitrogens with one attached hydrogen (secondary N) is 1. The van der Waals surface area contributed by atoms with Crippen molar-refractivity contribution in [2.45, 2.75) is 66.2 Å². The van der Waals surface area contributed by atoms with Crippen LogP contribution in [0.3, 0.4) is 0 Å². The van der Waals surface area contributed by atoms with Gasteiger partial charge in [0.05, 0.1) is 18.2 Å². The molecule has 1 rings (SSSR count). The molecule has 1 aliphatic heterocycles. The molecular weight excluding hydrogens is 262 g/mol. The van der Waals surface area contributed by atoms with Gasteiger partial charge in [-0.15, -0.1) is 0 Å². The van der Waals surface area contributed by atoms with Crippen molar-refractivity contribution in [3.8, 4) is 0 Å². The van der Waals surface area contributed by atoms with Gasteiger partial charge in [0.2, 0.25) is 5.91 Å². The van der Waals surface area contributed by atoms with Gasteiger partial charge in [-0.2, -0.15) is 0 Å². The monoisotopic (exact) mass is 291 g/mol. The molecule has 0 bridgehead atoms. The number of carbonyl (C=O) groups is 1. The van der Waals surface area contributed by atoms with Crippen LogP contribution in [0.4, 0.5) is 0 Å². The minimum atomic E-state index is -0.0593. The molecule has 0 saturated carbocycles. The van der Waals surface area contributed by atoms with E-state index in [1.165, 1.54) is 11.1 Å². The fraction of sp³-hybridized carbons (Fsp3) is 0.611. The maximum Gasteiger partial charge on any atom is 0.244 e. The van der Waals surface area contributed by atoms with Crippen molar-refractivity contribution in [1.82, 2.24) is 5.32 Å². The van der Waals surface area contributed by atoms with Crippen molar-refractivity contribution in [2.24, 2.45) is 5.92 Å². The molecule has 3 atom stereocenters. The van der Waals surface area contributed by atoms with Crippen molar-refractivity contribution in [3.63, 3.8) is 0 Å². The van der Waals surface area contributed by atoms with Crippen LogP contribution in [-0.2, 0) is 9.53 Å². The third-order valence-electron chi connectivity index (χ3n) is 3.52. The SMILES string of the molecule is CC(C)=CC[C@@H]1O[C@H](C)[C@H](NC(=O)/C=C\C(C)C)C=C1C. The van der Waals surface area contributed by atoms with E-state index in [-0.39, 0.29) is 24.2 Å². The van der Waals surface area contributed by atoms with E-state index >= 15 is 0 Å². The van der Waals surface area contributed by atoms with Crippen LogP contribution in [0.25, 0.3) is 0 Å². The molecule has 1 heterocycles. The predicted molar refractivity (Wildman–Crippen MR) is 88.0 cm³/mol. The summed E-state index contributed by atoms with van der Waals surface area (Å²) in [7, 11) is 0. The summed E-state index contributed by atoms with van der Waals surface area (Å²) in [6, 6.07) is -0.0581. The average Bonchev–Trinajstić information content (AvgIpc) is 2.38. The van der Waals surface area contributed by atoms with Crippen LogP contribution >= 0.6 is 0 Å². The maximum absolute atomic E-state index is 11.9. The molecule has 0 aromatic carbocycles. The first-order chi connectivity index (χ1) is 9.79. The summed E-state index contributed by atoms with van der Waals surface area (Å²) in [5, 5.41) is 3.00. The van der Waals surface area contributed by atoms with Crippen LogP contribution in [-0.4, -0.2) is 24.2 Å². The van der Waals surface area contributed by atoms with Gasteiger partial charge in [-0.3, -0.25) is 4.79 Å². The number of amides is 1. The van der Waals surface area contributed by atoms with Gasteiger partial charge in [-0.1, -0.05) is 37.6 Å². The maximum atomic E-state index is 11.9. The Morgan fingerprint density at radius 3 is 2.67 bits per heavy atom. The highest BCUT2D eigenvalue weighted by Crippen LogP contribution is 2.22. The molecule has 21 heavy (non-hydrogen) atoms. The summed E-state index contributed by atoms with van der Waals surface area (Å²) in [4.78, 5) is 11.9. The molecule has 0 unspecified atom stereocenters. The molecule has 0 aliphatic carbocycles. The first kappa shape index (κ1) is 17.7. The Morgan fingerprint density at radius 1 is 1.43 bits per heavy atom. The second-order valence-electron chi connectivity index (χ2n) is 6.40. The van der Waals surface area contributed by atoms with Gasteiger partial charge in [0.1, 0.15) is 0 Å². The number of hydrogen-bond acceptors (Lipinski definition) is 2. The Bertz CT molecular complexity index is 442. The number of carbonyl (C=O) groups excluding carboxylic acids is 1. The summed E-state index contributed by atoms with van der Waals surface area (Å²) in [6.45, 7) is 12.4. The van der Waals surface area contributed by atoms with Crippen LogP contribution in [0, 0.1) is 5.92 Å². The quantitative estimate of drug-likeness (QED) is 0.618. The lowest BCUT2D eigenvalue weighted by Gasteiger charge is -2.33. The predicted octanol–water partition coefficient (Wildman–Crippen LogP) is 3.77. The zero-order chi connectivity index (χ0) is 16.0. The Balaban J connectivity index is 2.66. The molecular formula is C18H29NO2. The van der Waals surface area contributed by atoms with E-state index in [2.05, 4.69) is 38.2 Å². The molecule has 0 saturated heterocycles. The molecule has 0 aromatic rings. The van der Waals surface area contributed by atoms with Gasteiger partial charge in [0.15, 0.2) is 0 Å². The minimum Gasteiger partial charge on any atom is -0.368 e. The van der Waals surface area contributed by atoms with E-state index in [9.17, 15) is 4.79 Å². The molecule has 0 fully saturated rings. The average molecular weight is 291 g/mol. The summed E-state index contributed by atoms with van der Waals surface area (Å²) in [5.41, 5.74) is 2.48. The number of hydrogen-bond donors (Lipinski definition) is 1. The zero-order valence-corrected chi connectivity index (χ0v) is 14.1. The molecule has 3 heteroatoms. The van der Waals surface area contributed by atoms with Gasteiger partial charge in [0.25, 0.3) is 0 Å². The van der Waals surface area contributed by atoms with Crippen molar-refractivity contribution in [1.29, 1.82) is 0 Å². The Labute approximate surface area is 129 Å². The van der Waals surface area contributed by atoms with E-state index in [1.807, 2.05) is 26.8 Å². The lowest BCUT2D eigenvalue weighted by atomic mass is 9.98. The Morgan fingerprint density at radius 2 is 2.10 bits per heavy atom. The molecule has 1 N–H and O–H groups in total. The molecule has 3 nitrogen and oxygen atoms in total. The van der Waals surface area contributed by atoms with Gasteiger partial charge in [-0.05, 0) is 51.7 Å². The van der Waals surface area contributed by atoms with Crippen molar-refractivity contribution < 1.29 is 9.53 Å². The minimum absolute atomic E-state index is 0.0133. The van der Waals surface area contributed by atoms with Gasteiger partial charge in [0, 0.05) is 0 Å². The van der Waals surface area contributed by atoms with Crippen molar-refractivity contribution >= 4 is 5.91 Å². The van der Waals surface area contributed by atoms with Crippen molar-refractivity contribution in [3.05, 3.63) is 35.5 Å². The highest BCUT2D eigenvalue weighted by atomic mass is 16.5. The summed E-state index contributed by atoms with van der Waals surface area (Å²) < 4.78 is 6.04. The van der Waals surface area contributed by atoms with E-state index in [0.29, 0.717) is 5.92 Å².